The number of halogens is 2. The van der Waals surface area contributed by atoms with E-state index in [0.717, 1.165) is 26.3 Å². The Balaban J connectivity index is -0.000000163. The van der Waals surface area contributed by atoms with Gasteiger partial charge in [0.1, 0.15) is 0 Å². The van der Waals surface area contributed by atoms with E-state index in [-0.39, 0.29) is 49.8 Å². The third kappa shape index (κ3) is 13.7. The van der Waals surface area contributed by atoms with Crippen LogP contribution in [0.25, 0.3) is 0 Å². The van der Waals surface area contributed by atoms with Crippen LogP contribution in [0.1, 0.15) is 44.7 Å². The van der Waals surface area contributed by atoms with Gasteiger partial charge in [0.25, 0.3) is 0 Å². The molecule has 0 aliphatic heterocycles. The maximum absolute atomic E-state index is 5.23. The van der Waals surface area contributed by atoms with E-state index < -0.39 is 0 Å². The van der Waals surface area contributed by atoms with Gasteiger partial charge in [-0.3, -0.25) is 0 Å². The van der Waals surface area contributed by atoms with Gasteiger partial charge in [0.2, 0.25) is 6.33 Å². The van der Waals surface area contributed by atoms with E-state index in [4.69, 9.17) is 4.74 Å². The molecule has 0 aliphatic rings. The third-order valence-corrected chi connectivity index (χ3v) is 3.45. The maximum Gasteiger partial charge on any atom is 2.00 e. The Labute approximate surface area is 184 Å². The number of aromatic nitrogens is 2. The maximum atomic E-state index is 5.23. The average molecular weight is 492 g/mol. The molecule has 0 radical (unpaired) electrons. The second-order valence-electron chi connectivity index (χ2n) is 5.64. The smallest absolute Gasteiger partial charge is 1.00 e. The summed E-state index contributed by atoms with van der Waals surface area (Å²) in [6.45, 7) is 14.1. The zero-order chi connectivity index (χ0) is 16.4. The Morgan fingerprint density at radius 2 is 1.69 bits per heavy atom. The zero-order valence-electron chi connectivity index (χ0n) is 16.3. The number of hydrogen-bond donors (Lipinski definition) is 0. The molecule has 1 heterocycles. The monoisotopic (exact) mass is 492 g/mol. The Hall–Kier alpha value is -0.447. The molecule has 0 aliphatic carbocycles. The Bertz CT molecular complexity index is 535. The fourth-order valence-electron chi connectivity index (χ4n) is 1.95. The van der Waals surface area contributed by atoms with Gasteiger partial charge < -0.3 is 44.2 Å². The molecule has 0 amide bonds. The first-order chi connectivity index (χ1) is 10.6. The summed E-state index contributed by atoms with van der Waals surface area (Å²) < 4.78 is 9.26. The molecule has 1 aromatic carbocycles. The van der Waals surface area contributed by atoms with E-state index in [0.29, 0.717) is 5.92 Å². The van der Waals surface area contributed by atoms with Crippen LogP contribution in [-0.4, -0.2) is 23.3 Å². The molecule has 2 rings (SSSR count). The summed E-state index contributed by atoms with van der Waals surface area (Å²) in [5.74, 6) is 0.653. The molecule has 0 spiro atoms. The van der Waals surface area contributed by atoms with Crippen molar-refractivity contribution in [3.8, 4) is 0 Å². The van der Waals surface area contributed by atoms with Gasteiger partial charge in [0, 0.05) is 6.61 Å². The first-order valence-corrected chi connectivity index (χ1v) is 8.19. The van der Waals surface area contributed by atoms with E-state index in [9.17, 15) is 0 Å². The van der Waals surface area contributed by atoms with Gasteiger partial charge in [0.05, 0.1) is 19.7 Å². The number of benzene rings is 1. The third-order valence-electron chi connectivity index (χ3n) is 3.45. The molecule has 4 nitrogen and oxygen atoms in total. The van der Waals surface area contributed by atoms with Crippen molar-refractivity contribution in [2.45, 2.75) is 53.6 Å². The van der Waals surface area contributed by atoms with Crippen LogP contribution in [0.2, 0.25) is 0 Å². The predicted molar refractivity (Wildman–Crippen MR) is 94.5 cm³/mol. The minimum Gasteiger partial charge on any atom is -1.00 e. The Kier molecular flexibility index (Phi) is 24.6. The quantitative estimate of drug-likeness (QED) is 0.183. The van der Waals surface area contributed by atoms with Crippen molar-refractivity contribution in [3.05, 3.63) is 54.1 Å². The second-order valence-corrected chi connectivity index (χ2v) is 5.64. The number of aryl methyl sites for hydroxylation is 2. The van der Waals surface area contributed by atoms with Gasteiger partial charge >= 0.3 is 19.5 Å². The van der Waals surface area contributed by atoms with Gasteiger partial charge in [-0.1, -0.05) is 43.7 Å². The number of ether oxygens (including phenoxy) is 1. The van der Waals surface area contributed by atoms with Crippen molar-refractivity contribution in [3.63, 3.8) is 0 Å². The summed E-state index contributed by atoms with van der Waals surface area (Å²) in [5, 5.41) is 0. The molecule has 0 fully saturated rings. The molecule has 0 bridgehead atoms. The minimum absolute atomic E-state index is 0. The first kappa shape index (κ1) is 33.2. The molecule has 0 unspecified atom stereocenters. The largest absolute Gasteiger partial charge is 2.00 e. The van der Waals surface area contributed by atoms with Crippen LogP contribution in [0.5, 0.6) is 0 Å². The van der Waals surface area contributed by atoms with Gasteiger partial charge in [-0.2, -0.15) is 0 Å². The van der Waals surface area contributed by atoms with Crippen LogP contribution in [-0.2, 0) is 37.3 Å². The number of imidazole rings is 1. The normalized spacial score (nSPS) is 8.85. The van der Waals surface area contributed by atoms with Crippen LogP contribution in [0.15, 0.2) is 36.7 Å². The van der Waals surface area contributed by atoms with Crippen molar-refractivity contribution in [1.82, 2.24) is 4.57 Å². The molecule has 7 heteroatoms. The summed E-state index contributed by atoms with van der Waals surface area (Å²) >= 11 is 0. The fraction of sp³-hybridized carbons (Fsp3) is 0.526. The van der Waals surface area contributed by atoms with Crippen LogP contribution < -0.4 is 29.4 Å². The summed E-state index contributed by atoms with van der Waals surface area (Å²) in [6.07, 6.45) is 7.21. The fourth-order valence-corrected chi connectivity index (χ4v) is 1.95. The van der Waals surface area contributed by atoms with E-state index in [1.54, 1.807) is 0 Å². The molecule has 26 heavy (non-hydrogen) atoms. The van der Waals surface area contributed by atoms with Gasteiger partial charge in [0.15, 0.2) is 0 Å². The summed E-state index contributed by atoms with van der Waals surface area (Å²) in [6, 6.07) is 8.71. The van der Waals surface area contributed by atoms with Crippen molar-refractivity contribution in [1.29, 1.82) is 0 Å². The molecule has 2 aromatic rings. The van der Waals surface area contributed by atoms with E-state index in [2.05, 4.69) is 58.3 Å². The molecule has 0 saturated heterocycles. The predicted octanol–water partition coefficient (Wildman–Crippen LogP) is -3.07. The minimum atomic E-state index is 0. The molecular weight excluding hydrogens is 460 g/mol. The zero-order valence-corrected chi connectivity index (χ0v) is 19.5. The van der Waals surface area contributed by atoms with Crippen LogP contribution in [0.4, 0.5) is 0 Å². The van der Waals surface area contributed by atoms with Crippen molar-refractivity contribution < 1.29 is 59.1 Å². The summed E-state index contributed by atoms with van der Waals surface area (Å²) in [7, 11) is 0. The van der Waals surface area contributed by atoms with E-state index in [1.165, 1.54) is 11.1 Å². The SMILES string of the molecule is CCOCC[n+]1[c-]n(CC)cc1.Cc1ccc(C(C)C)cc1.O.[Cl-].[Cl-].[Ru+2]. The van der Waals surface area contributed by atoms with Crippen LogP contribution in [0.3, 0.4) is 0 Å². The molecule has 2 N–H and O–H groups in total. The number of hydrogen-bond acceptors (Lipinski definition) is 1. The molecule has 0 atom stereocenters. The van der Waals surface area contributed by atoms with Crippen molar-refractivity contribution in [2.24, 2.45) is 0 Å². The summed E-state index contributed by atoms with van der Waals surface area (Å²) in [5.41, 5.74) is 2.76. The van der Waals surface area contributed by atoms with Gasteiger partial charge in [-0.05, 0) is 44.6 Å². The second kappa shape index (κ2) is 19.3. The molecular formula is C19H32Cl2N2O2Ru. The van der Waals surface area contributed by atoms with E-state index in [1.807, 2.05) is 28.5 Å². The summed E-state index contributed by atoms with van der Waals surface area (Å²) in [4.78, 5) is 0. The van der Waals surface area contributed by atoms with Crippen LogP contribution >= 0.6 is 0 Å². The molecule has 1 aromatic heterocycles. The molecule has 152 valence electrons. The van der Waals surface area contributed by atoms with Crippen LogP contribution in [0, 0.1) is 13.3 Å². The number of rotatable bonds is 6. The first-order valence-electron chi connectivity index (χ1n) is 8.19. The Morgan fingerprint density at radius 3 is 2.12 bits per heavy atom. The molecule has 0 saturated carbocycles. The topological polar surface area (TPSA) is 49.5 Å². The van der Waals surface area contributed by atoms with Gasteiger partial charge in [-0.25, -0.2) is 0 Å². The standard InChI is InChI=1S/C10H14.C9H16N2O.2ClH.H2O.Ru/c1-8(2)10-6-4-9(3)5-7-10;1-3-10-5-6-11(9-10)7-8-12-4-2;;;;/h4-8H,1-3H3;5-6H,3-4,7-8H2,1-2H3;2*1H;1H2;/q;;;;;+2/p-2. The average Bonchev–Trinajstić information content (AvgIpc) is 2.97. The Morgan fingerprint density at radius 1 is 1.12 bits per heavy atom. The number of nitrogens with zero attached hydrogens (tertiary/aromatic N) is 2. The van der Waals surface area contributed by atoms with E-state index >= 15 is 0 Å². The van der Waals surface area contributed by atoms with Crippen molar-refractivity contribution >= 4 is 0 Å². The van der Waals surface area contributed by atoms with Crippen molar-refractivity contribution in [2.75, 3.05) is 13.2 Å². The van der Waals surface area contributed by atoms with Gasteiger partial charge in [-0.15, -0.1) is 0 Å².